The summed E-state index contributed by atoms with van der Waals surface area (Å²) >= 11 is 0. The van der Waals surface area contributed by atoms with E-state index in [0.717, 1.165) is 33.4 Å². The molecule has 2 atom stereocenters. The van der Waals surface area contributed by atoms with Crippen LogP contribution in [0, 0.1) is 10.8 Å². The molecular formula is C54H72N4O12. The number of hydrogen-bond acceptors (Lipinski definition) is 10. The van der Waals surface area contributed by atoms with E-state index >= 15 is 0 Å². The molecule has 0 radical (unpaired) electrons. The quantitative estimate of drug-likeness (QED) is 0.0395. The van der Waals surface area contributed by atoms with E-state index in [2.05, 4.69) is 21.3 Å². The van der Waals surface area contributed by atoms with Gasteiger partial charge in [0.15, 0.2) is 23.8 Å². The Labute approximate surface area is 412 Å². The Hall–Kier alpha value is -7.10. The van der Waals surface area contributed by atoms with Crippen LogP contribution in [-0.4, -0.2) is 96.1 Å². The van der Waals surface area contributed by atoms with E-state index in [4.69, 9.17) is 19.7 Å². The number of esters is 2. The molecule has 0 heterocycles. The van der Waals surface area contributed by atoms with Crippen LogP contribution in [0.5, 0.6) is 0 Å². The second-order valence-corrected chi connectivity index (χ2v) is 18.5. The van der Waals surface area contributed by atoms with Crippen LogP contribution < -0.4 is 21.3 Å². The molecule has 0 bridgehead atoms. The van der Waals surface area contributed by atoms with Crippen molar-refractivity contribution in [1.82, 2.24) is 21.3 Å². The van der Waals surface area contributed by atoms with Crippen molar-refractivity contribution >= 4 is 47.5 Å². The second kappa shape index (κ2) is 29.0. The van der Waals surface area contributed by atoms with E-state index in [1.54, 1.807) is 13.8 Å². The lowest BCUT2D eigenvalue weighted by atomic mass is 9.71. The molecule has 0 saturated heterocycles. The van der Waals surface area contributed by atoms with Crippen LogP contribution in [-0.2, 0) is 38.2 Å². The van der Waals surface area contributed by atoms with Crippen LogP contribution in [0.3, 0.4) is 0 Å². The van der Waals surface area contributed by atoms with Gasteiger partial charge in [-0.3, -0.25) is 28.8 Å². The van der Waals surface area contributed by atoms with E-state index in [-0.39, 0.29) is 63.4 Å². The summed E-state index contributed by atoms with van der Waals surface area (Å²) in [5.41, 5.74) is 5.88. The van der Waals surface area contributed by atoms with Gasteiger partial charge in [-0.25, -0.2) is 9.59 Å². The number of carboxylic acids is 2. The second-order valence-electron chi connectivity index (χ2n) is 18.5. The Morgan fingerprint density at radius 2 is 0.814 bits per heavy atom. The van der Waals surface area contributed by atoms with Crippen LogP contribution in [0.1, 0.15) is 108 Å². The number of ketones is 2. The number of rotatable bonds is 24. The molecule has 0 fully saturated rings. The number of urea groups is 2. The molecule has 2 unspecified atom stereocenters. The van der Waals surface area contributed by atoms with Crippen molar-refractivity contribution in [1.29, 1.82) is 0 Å². The largest absolute Gasteiger partial charge is 0.481 e. The van der Waals surface area contributed by atoms with Gasteiger partial charge < -0.3 is 41.0 Å². The molecule has 0 aromatic carbocycles. The fraction of sp³-hybridized carbons (Fsp3) is 0.444. The zero-order chi connectivity index (χ0) is 52.6. The van der Waals surface area contributed by atoms with Crippen molar-refractivity contribution in [3.05, 3.63) is 130 Å². The first kappa shape index (κ1) is 59.0. The van der Waals surface area contributed by atoms with Crippen molar-refractivity contribution in [3.8, 4) is 0 Å². The predicted molar refractivity (Wildman–Crippen MR) is 269 cm³/mol. The van der Waals surface area contributed by atoms with E-state index in [1.165, 1.54) is 0 Å². The molecule has 4 amide bonds. The summed E-state index contributed by atoms with van der Waals surface area (Å²) in [5, 5.41) is 27.0. The van der Waals surface area contributed by atoms with Crippen LogP contribution in [0.4, 0.5) is 9.59 Å². The number of nitrogens with one attached hydrogen (secondary N) is 4. The summed E-state index contributed by atoms with van der Waals surface area (Å²) in [6.07, 6.45) is 25.6. The van der Waals surface area contributed by atoms with E-state index < -0.39 is 59.0 Å². The highest BCUT2D eigenvalue weighted by molar-refractivity contribution is 6.02. The maximum atomic E-state index is 13.2. The van der Waals surface area contributed by atoms with Crippen LogP contribution in [0.15, 0.2) is 130 Å². The molecule has 70 heavy (non-hydrogen) atoms. The molecular weight excluding hydrogens is 897 g/mol. The molecule has 0 spiro atoms. The van der Waals surface area contributed by atoms with Gasteiger partial charge in [-0.1, -0.05) is 135 Å². The third kappa shape index (κ3) is 21.9. The highest BCUT2D eigenvalue weighted by Crippen LogP contribution is 2.42. The molecule has 0 saturated carbocycles. The van der Waals surface area contributed by atoms with Crippen molar-refractivity contribution in [3.63, 3.8) is 0 Å². The minimum absolute atomic E-state index is 0.0249. The van der Waals surface area contributed by atoms with Crippen LogP contribution in [0.2, 0.25) is 0 Å². The lowest BCUT2D eigenvalue weighted by Gasteiger charge is -2.36. The van der Waals surface area contributed by atoms with E-state index in [1.807, 2.05) is 140 Å². The topological polar surface area (TPSA) is 244 Å². The Morgan fingerprint density at radius 3 is 1.14 bits per heavy atom. The van der Waals surface area contributed by atoms with Crippen LogP contribution in [0.25, 0.3) is 0 Å². The number of aliphatic carboxylic acids is 2. The van der Waals surface area contributed by atoms with Gasteiger partial charge >= 0.3 is 35.9 Å². The number of Topliss-reactive ketones (excluding diaryl/α,β-unsaturated/α-hetero) is 2. The minimum atomic E-state index is -1.04. The SMILES string of the molecule is CC(C=CC=C(C)C=CC1=C(C)C(=O)C(OC(=O)CCNC(=O)NCCC(=O)O)CC1(C)C)=CC=CC=C(C)C=CC=C(C)C=CC1=C(C)C(=O)C(OC(=O)CCNC(=O)NCCC(=O)O)CC1(C)C. The summed E-state index contributed by atoms with van der Waals surface area (Å²) in [5.74, 6) is -3.84. The standard InChI is InChI=1S/C54H72N4O12/c1-35(17-13-19-37(3)21-23-41-39(5)49(65)43(33-53(41,7)8)69-47(63)27-31-57-51(67)55-29-25-45(59)60)15-11-12-16-36(2)18-14-20-38(4)22-24-42-40(6)50(66)44(34-54(42,9)10)70-48(64)28-32-58-52(68)56-30-26-46(61)62/h11-24,43-44H,25-34H2,1-10H3,(H,59,60)(H,61,62)(H2,55,57,67)(H2,56,58,68). The first-order chi connectivity index (χ1) is 32.8. The minimum Gasteiger partial charge on any atom is -0.481 e. The Balaban J connectivity index is 1.90. The molecule has 2 aliphatic carbocycles. The van der Waals surface area contributed by atoms with Gasteiger partial charge in [-0.2, -0.15) is 0 Å². The number of amides is 4. The van der Waals surface area contributed by atoms with Crippen molar-refractivity contribution in [2.75, 3.05) is 26.2 Å². The van der Waals surface area contributed by atoms with E-state index in [9.17, 15) is 38.4 Å². The van der Waals surface area contributed by atoms with Crippen molar-refractivity contribution in [2.45, 2.75) is 120 Å². The molecule has 6 N–H and O–H groups in total. The Kier molecular flexibility index (Phi) is 24.5. The molecule has 0 aliphatic heterocycles. The highest BCUT2D eigenvalue weighted by atomic mass is 16.6. The Bertz CT molecular complexity index is 2170. The lowest BCUT2D eigenvalue weighted by molar-refractivity contribution is -0.156. The van der Waals surface area contributed by atoms with Gasteiger partial charge in [0.05, 0.1) is 25.7 Å². The lowest BCUT2D eigenvalue weighted by Crippen LogP contribution is -2.40. The summed E-state index contributed by atoms with van der Waals surface area (Å²) < 4.78 is 11.0. The fourth-order valence-electron chi connectivity index (χ4n) is 7.44. The molecule has 0 aromatic rings. The average molecular weight is 969 g/mol. The summed E-state index contributed by atoms with van der Waals surface area (Å²) in [6.45, 7) is 19.3. The third-order valence-corrected chi connectivity index (χ3v) is 11.3. The van der Waals surface area contributed by atoms with Crippen molar-refractivity contribution < 1.29 is 58.0 Å². The number of hydrogen-bond donors (Lipinski definition) is 6. The summed E-state index contributed by atoms with van der Waals surface area (Å²) in [4.78, 5) is 96.1. The highest BCUT2D eigenvalue weighted by Gasteiger charge is 2.41. The first-order valence-electron chi connectivity index (χ1n) is 23.3. The molecule has 2 rings (SSSR count). The first-order valence-corrected chi connectivity index (χ1v) is 23.3. The van der Waals surface area contributed by atoms with Gasteiger partial charge in [-0.05, 0) is 74.7 Å². The average Bonchev–Trinajstić information content (AvgIpc) is 3.25. The summed E-state index contributed by atoms with van der Waals surface area (Å²) in [7, 11) is 0. The third-order valence-electron chi connectivity index (χ3n) is 11.3. The molecule has 16 heteroatoms. The molecule has 380 valence electrons. The smallest absolute Gasteiger partial charge is 0.314 e. The monoisotopic (exact) mass is 969 g/mol. The zero-order valence-corrected chi connectivity index (χ0v) is 42.3. The number of carboxylic acid groups (broad SMARTS) is 2. The summed E-state index contributed by atoms with van der Waals surface area (Å²) in [6, 6.07) is -1.19. The predicted octanol–water partition coefficient (Wildman–Crippen LogP) is 8.34. The zero-order valence-electron chi connectivity index (χ0n) is 42.3. The maximum absolute atomic E-state index is 13.2. The van der Waals surface area contributed by atoms with Gasteiger partial charge in [-0.15, -0.1) is 0 Å². The molecule has 0 aromatic heterocycles. The number of allylic oxidation sites excluding steroid dienone is 20. The Morgan fingerprint density at radius 1 is 0.514 bits per heavy atom. The van der Waals surface area contributed by atoms with Crippen molar-refractivity contribution in [2.24, 2.45) is 10.8 Å². The fourth-order valence-corrected chi connectivity index (χ4v) is 7.44. The normalized spacial score (nSPS) is 19.2. The number of carbonyl (C=O) groups is 8. The van der Waals surface area contributed by atoms with Gasteiger partial charge in [0.2, 0.25) is 0 Å². The number of carbonyl (C=O) groups excluding carboxylic acids is 6. The van der Waals surface area contributed by atoms with Gasteiger partial charge in [0.25, 0.3) is 0 Å². The maximum Gasteiger partial charge on any atom is 0.314 e. The van der Waals surface area contributed by atoms with E-state index in [0.29, 0.717) is 24.0 Å². The molecule has 2 aliphatic rings. The van der Waals surface area contributed by atoms with Gasteiger partial charge in [0, 0.05) is 39.0 Å². The number of ether oxygens (including phenoxy) is 2. The van der Waals surface area contributed by atoms with Crippen LogP contribution >= 0.6 is 0 Å². The van der Waals surface area contributed by atoms with Gasteiger partial charge in [0.1, 0.15) is 0 Å². The molecule has 16 nitrogen and oxygen atoms in total.